The van der Waals surface area contributed by atoms with Crippen LogP contribution in [0.1, 0.15) is 10.5 Å². The summed E-state index contributed by atoms with van der Waals surface area (Å²) in [5, 5.41) is 4.36. The summed E-state index contributed by atoms with van der Waals surface area (Å²) in [7, 11) is 0. The van der Waals surface area contributed by atoms with Gasteiger partial charge in [0, 0.05) is 12.4 Å². The number of carbonyl (C=O) groups excluding carboxylic acids is 1. The summed E-state index contributed by atoms with van der Waals surface area (Å²) >= 11 is 5.71. The molecular formula is C9H8ClN5O. The number of halogens is 1. The van der Waals surface area contributed by atoms with Crippen molar-refractivity contribution < 1.29 is 4.79 Å². The number of aromatic nitrogens is 3. The average molecular weight is 238 g/mol. The number of nitrogen functional groups attached to an aromatic ring is 1. The van der Waals surface area contributed by atoms with Crippen LogP contribution in [0.3, 0.4) is 0 Å². The predicted octanol–water partition coefficient (Wildman–Crippen LogP) is 0.602. The molecule has 0 bridgehead atoms. The van der Waals surface area contributed by atoms with Gasteiger partial charge >= 0.3 is 0 Å². The number of rotatable bonds is 2. The minimum atomic E-state index is -0.605. The van der Waals surface area contributed by atoms with Gasteiger partial charge in [-0.3, -0.25) is 4.79 Å². The molecule has 0 atom stereocenters. The third-order valence-electron chi connectivity index (χ3n) is 1.92. The minimum absolute atomic E-state index is 0.149. The maximum absolute atomic E-state index is 10.9. The first-order valence-electron chi connectivity index (χ1n) is 4.35. The highest BCUT2D eigenvalue weighted by Crippen LogP contribution is 2.18. The van der Waals surface area contributed by atoms with Crippen molar-refractivity contribution in [2.45, 2.75) is 0 Å². The summed E-state index contributed by atoms with van der Waals surface area (Å²) < 4.78 is 1.37. The molecule has 2 heterocycles. The molecule has 2 rings (SSSR count). The van der Waals surface area contributed by atoms with E-state index in [9.17, 15) is 4.79 Å². The van der Waals surface area contributed by atoms with Crippen LogP contribution in [-0.4, -0.2) is 20.7 Å². The Balaban J connectivity index is 2.46. The number of amides is 1. The van der Waals surface area contributed by atoms with Gasteiger partial charge in [0.25, 0.3) is 5.91 Å². The van der Waals surface area contributed by atoms with Crippen molar-refractivity contribution in [2.24, 2.45) is 5.73 Å². The molecule has 16 heavy (non-hydrogen) atoms. The van der Waals surface area contributed by atoms with Crippen LogP contribution in [0.2, 0.25) is 5.02 Å². The number of hydrogen-bond acceptors (Lipinski definition) is 4. The Morgan fingerprint density at radius 2 is 2.25 bits per heavy atom. The maximum Gasteiger partial charge on any atom is 0.269 e. The van der Waals surface area contributed by atoms with Crippen LogP contribution in [0.4, 0.5) is 5.69 Å². The molecule has 2 aromatic heterocycles. The van der Waals surface area contributed by atoms with E-state index in [1.165, 1.54) is 16.9 Å². The summed E-state index contributed by atoms with van der Waals surface area (Å²) in [5.74, 6) is -0.205. The molecule has 4 N–H and O–H groups in total. The average Bonchev–Trinajstić information content (AvgIpc) is 2.66. The molecule has 0 aliphatic carbocycles. The third-order valence-corrected chi connectivity index (χ3v) is 2.13. The Hall–Kier alpha value is -2.08. The third kappa shape index (κ3) is 1.82. The number of pyridine rings is 1. The smallest absolute Gasteiger partial charge is 0.269 e. The molecule has 0 radical (unpaired) electrons. The summed E-state index contributed by atoms with van der Waals surface area (Å²) in [6.07, 6.45) is 2.99. The quantitative estimate of drug-likeness (QED) is 0.799. The lowest BCUT2D eigenvalue weighted by molar-refractivity contribution is 0.0995. The number of nitrogens with zero attached hydrogens (tertiary/aromatic N) is 3. The van der Waals surface area contributed by atoms with Gasteiger partial charge < -0.3 is 11.5 Å². The van der Waals surface area contributed by atoms with Gasteiger partial charge in [-0.25, -0.2) is 9.67 Å². The molecule has 2 aromatic rings. The Kier molecular flexibility index (Phi) is 2.49. The number of hydrogen-bond donors (Lipinski definition) is 2. The molecule has 82 valence electrons. The fourth-order valence-electron chi connectivity index (χ4n) is 1.21. The lowest BCUT2D eigenvalue weighted by atomic mass is 10.4. The molecular weight excluding hydrogens is 230 g/mol. The van der Waals surface area contributed by atoms with Crippen LogP contribution in [0, 0.1) is 0 Å². The standard InChI is InChI=1S/C9H8ClN5O/c10-5-3-6(11)9(13-4-5)15-2-1-7(14-15)8(12)16/h1-4H,11H2,(H2,12,16). The van der Waals surface area contributed by atoms with Crippen LogP contribution in [0.5, 0.6) is 0 Å². The first kappa shape index (κ1) is 10.4. The highest BCUT2D eigenvalue weighted by atomic mass is 35.5. The molecule has 0 aliphatic heterocycles. The van der Waals surface area contributed by atoms with Crippen LogP contribution < -0.4 is 11.5 Å². The number of carbonyl (C=O) groups is 1. The monoisotopic (exact) mass is 237 g/mol. The molecule has 7 heteroatoms. The SMILES string of the molecule is NC(=O)c1ccn(-c2ncc(Cl)cc2N)n1. The first-order valence-corrected chi connectivity index (χ1v) is 4.72. The van der Waals surface area contributed by atoms with E-state index in [0.29, 0.717) is 16.5 Å². The Morgan fingerprint density at radius 3 is 2.81 bits per heavy atom. The number of primary amides is 1. The molecule has 0 fully saturated rings. The summed E-state index contributed by atoms with van der Waals surface area (Å²) in [6.45, 7) is 0. The van der Waals surface area contributed by atoms with E-state index in [4.69, 9.17) is 23.1 Å². The minimum Gasteiger partial charge on any atom is -0.396 e. The van der Waals surface area contributed by atoms with Gasteiger partial charge in [-0.15, -0.1) is 0 Å². The highest BCUT2D eigenvalue weighted by molar-refractivity contribution is 6.30. The first-order chi connectivity index (χ1) is 7.58. The molecule has 0 unspecified atom stereocenters. The highest BCUT2D eigenvalue weighted by Gasteiger charge is 2.09. The molecule has 0 aliphatic rings. The Labute approximate surface area is 95.8 Å². The zero-order chi connectivity index (χ0) is 11.7. The molecule has 0 spiro atoms. The normalized spacial score (nSPS) is 10.3. The van der Waals surface area contributed by atoms with Crippen molar-refractivity contribution in [3.05, 3.63) is 35.2 Å². The molecule has 0 saturated heterocycles. The lowest BCUT2D eigenvalue weighted by Crippen LogP contribution is -2.12. The van der Waals surface area contributed by atoms with Crippen LogP contribution >= 0.6 is 11.6 Å². The van der Waals surface area contributed by atoms with Crippen LogP contribution in [0.15, 0.2) is 24.5 Å². The van der Waals surface area contributed by atoms with Gasteiger partial charge in [-0.2, -0.15) is 5.10 Å². The second-order valence-electron chi connectivity index (χ2n) is 3.08. The van der Waals surface area contributed by atoms with E-state index in [1.54, 1.807) is 12.3 Å². The second kappa shape index (κ2) is 3.82. The zero-order valence-corrected chi connectivity index (χ0v) is 8.85. The summed E-state index contributed by atoms with van der Waals surface area (Å²) in [6, 6.07) is 3.04. The van der Waals surface area contributed by atoms with E-state index < -0.39 is 5.91 Å². The topological polar surface area (TPSA) is 99.8 Å². The maximum atomic E-state index is 10.9. The van der Waals surface area contributed by atoms with Gasteiger partial charge in [0.2, 0.25) is 0 Å². The molecule has 1 amide bonds. The molecule has 0 saturated carbocycles. The van der Waals surface area contributed by atoms with Crippen LogP contribution in [0.25, 0.3) is 5.82 Å². The van der Waals surface area contributed by atoms with Gasteiger partial charge in [0.1, 0.15) is 5.69 Å². The Morgan fingerprint density at radius 1 is 1.50 bits per heavy atom. The van der Waals surface area contributed by atoms with Gasteiger partial charge in [-0.1, -0.05) is 11.6 Å². The van der Waals surface area contributed by atoms with Crippen molar-refractivity contribution in [2.75, 3.05) is 5.73 Å². The van der Waals surface area contributed by atoms with E-state index in [0.717, 1.165) is 0 Å². The van der Waals surface area contributed by atoms with E-state index in [2.05, 4.69) is 10.1 Å². The zero-order valence-electron chi connectivity index (χ0n) is 8.09. The van der Waals surface area contributed by atoms with Gasteiger partial charge in [0.05, 0.1) is 10.7 Å². The molecule has 0 aromatic carbocycles. The van der Waals surface area contributed by atoms with Crippen molar-refractivity contribution in [1.29, 1.82) is 0 Å². The largest absolute Gasteiger partial charge is 0.396 e. The van der Waals surface area contributed by atoms with Crippen molar-refractivity contribution in [3.8, 4) is 5.82 Å². The van der Waals surface area contributed by atoms with Crippen LogP contribution in [-0.2, 0) is 0 Å². The number of anilines is 1. The van der Waals surface area contributed by atoms with E-state index in [1.807, 2.05) is 0 Å². The Bertz CT molecular complexity index is 551. The van der Waals surface area contributed by atoms with E-state index in [-0.39, 0.29) is 5.69 Å². The van der Waals surface area contributed by atoms with Gasteiger partial charge in [0.15, 0.2) is 5.82 Å². The predicted molar refractivity (Wildman–Crippen MR) is 59.3 cm³/mol. The fourth-order valence-corrected chi connectivity index (χ4v) is 1.38. The molecule has 6 nitrogen and oxygen atoms in total. The van der Waals surface area contributed by atoms with Crippen molar-refractivity contribution >= 4 is 23.2 Å². The lowest BCUT2D eigenvalue weighted by Gasteiger charge is -2.03. The van der Waals surface area contributed by atoms with Crippen molar-refractivity contribution in [1.82, 2.24) is 14.8 Å². The van der Waals surface area contributed by atoms with E-state index >= 15 is 0 Å². The number of nitrogens with two attached hydrogens (primary N) is 2. The second-order valence-corrected chi connectivity index (χ2v) is 3.51. The fraction of sp³-hybridized carbons (Fsp3) is 0. The van der Waals surface area contributed by atoms with Crippen molar-refractivity contribution in [3.63, 3.8) is 0 Å². The van der Waals surface area contributed by atoms with Gasteiger partial charge in [-0.05, 0) is 12.1 Å². The summed E-state index contributed by atoms with van der Waals surface area (Å²) in [4.78, 5) is 14.9. The summed E-state index contributed by atoms with van der Waals surface area (Å²) in [5.41, 5.74) is 11.3.